The molecule has 27 heavy (non-hydrogen) atoms. The molecule has 2 amide bonds. The molecular formula is C21H25N3O3. The van der Waals surface area contributed by atoms with Gasteiger partial charge in [0.15, 0.2) is 0 Å². The van der Waals surface area contributed by atoms with Crippen molar-refractivity contribution in [3.05, 3.63) is 65.2 Å². The van der Waals surface area contributed by atoms with Crippen molar-refractivity contribution in [3.8, 4) is 0 Å². The number of urea groups is 1. The number of aromatic carboxylic acids is 1. The van der Waals surface area contributed by atoms with Gasteiger partial charge in [-0.2, -0.15) is 0 Å². The first-order valence-electron chi connectivity index (χ1n) is 9.19. The van der Waals surface area contributed by atoms with Crippen LogP contribution in [0.3, 0.4) is 0 Å². The second kappa shape index (κ2) is 8.58. The van der Waals surface area contributed by atoms with Gasteiger partial charge in [-0.15, -0.1) is 0 Å². The number of aryl methyl sites for hydroxylation is 1. The van der Waals surface area contributed by atoms with Crippen LogP contribution < -0.4 is 10.6 Å². The van der Waals surface area contributed by atoms with Gasteiger partial charge in [0.1, 0.15) is 0 Å². The number of hydrogen-bond donors (Lipinski definition) is 3. The van der Waals surface area contributed by atoms with Crippen molar-refractivity contribution in [2.45, 2.75) is 32.4 Å². The van der Waals surface area contributed by atoms with Crippen LogP contribution in [0.15, 0.2) is 48.5 Å². The molecule has 0 unspecified atom stereocenters. The van der Waals surface area contributed by atoms with E-state index in [9.17, 15) is 9.59 Å². The number of amides is 2. The van der Waals surface area contributed by atoms with E-state index in [0.717, 1.165) is 24.1 Å². The van der Waals surface area contributed by atoms with Gasteiger partial charge in [-0.3, -0.25) is 0 Å². The Hall–Kier alpha value is -3.02. The van der Waals surface area contributed by atoms with Crippen LogP contribution in [-0.2, 0) is 6.54 Å². The Labute approximate surface area is 159 Å². The molecule has 0 atom stereocenters. The van der Waals surface area contributed by atoms with Crippen LogP contribution in [0.1, 0.15) is 34.3 Å². The lowest BCUT2D eigenvalue weighted by atomic mass is 10.0. The third-order valence-electron chi connectivity index (χ3n) is 4.82. The second-order valence-electron chi connectivity index (χ2n) is 6.94. The standard InChI is InChI=1S/C21H25N3O3/c1-15-3-2-4-19(13-15)23-18-9-11-24(12-10-18)21(27)22-14-16-5-7-17(8-6-16)20(25)26/h2-8,13,18,23H,9-12,14H2,1H3,(H,22,27)(H,25,26). The molecule has 1 aliphatic rings. The Morgan fingerprint density at radius 3 is 2.44 bits per heavy atom. The SMILES string of the molecule is Cc1cccc(NC2CCN(C(=O)NCc3ccc(C(=O)O)cc3)CC2)c1. The van der Waals surface area contributed by atoms with Crippen molar-refractivity contribution in [1.29, 1.82) is 0 Å². The largest absolute Gasteiger partial charge is 0.478 e. The van der Waals surface area contributed by atoms with Crippen molar-refractivity contribution >= 4 is 17.7 Å². The Kier molecular flexibility index (Phi) is 5.96. The van der Waals surface area contributed by atoms with Crippen LogP contribution in [0.2, 0.25) is 0 Å². The van der Waals surface area contributed by atoms with E-state index in [2.05, 4.69) is 35.8 Å². The molecule has 2 aromatic rings. The summed E-state index contributed by atoms with van der Waals surface area (Å²) >= 11 is 0. The van der Waals surface area contributed by atoms with E-state index in [1.54, 1.807) is 24.3 Å². The summed E-state index contributed by atoms with van der Waals surface area (Å²) < 4.78 is 0. The second-order valence-corrected chi connectivity index (χ2v) is 6.94. The smallest absolute Gasteiger partial charge is 0.335 e. The van der Waals surface area contributed by atoms with Crippen LogP contribution in [-0.4, -0.2) is 41.1 Å². The zero-order chi connectivity index (χ0) is 19.2. The number of carbonyl (C=O) groups excluding carboxylic acids is 1. The van der Waals surface area contributed by atoms with Gasteiger partial charge >= 0.3 is 12.0 Å². The van der Waals surface area contributed by atoms with E-state index in [-0.39, 0.29) is 11.6 Å². The van der Waals surface area contributed by atoms with E-state index < -0.39 is 5.97 Å². The van der Waals surface area contributed by atoms with E-state index >= 15 is 0 Å². The lowest BCUT2D eigenvalue weighted by Gasteiger charge is -2.33. The molecule has 1 heterocycles. The highest BCUT2D eigenvalue weighted by molar-refractivity contribution is 5.87. The lowest BCUT2D eigenvalue weighted by Crippen LogP contribution is -2.46. The molecule has 0 aliphatic carbocycles. The van der Waals surface area contributed by atoms with Gasteiger partial charge in [0.25, 0.3) is 0 Å². The molecule has 0 saturated carbocycles. The van der Waals surface area contributed by atoms with Crippen molar-refractivity contribution < 1.29 is 14.7 Å². The normalized spacial score (nSPS) is 14.6. The maximum Gasteiger partial charge on any atom is 0.335 e. The summed E-state index contributed by atoms with van der Waals surface area (Å²) in [6.07, 6.45) is 1.82. The average Bonchev–Trinajstić information content (AvgIpc) is 2.67. The van der Waals surface area contributed by atoms with E-state index in [0.29, 0.717) is 25.7 Å². The number of hydrogen-bond acceptors (Lipinski definition) is 3. The minimum absolute atomic E-state index is 0.0775. The molecule has 3 N–H and O–H groups in total. The highest BCUT2D eigenvalue weighted by Crippen LogP contribution is 2.17. The van der Waals surface area contributed by atoms with Crippen molar-refractivity contribution in [2.24, 2.45) is 0 Å². The minimum atomic E-state index is -0.951. The number of rotatable bonds is 5. The zero-order valence-electron chi connectivity index (χ0n) is 15.4. The van der Waals surface area contributed by atoms with Crippen LogP contribution in [0, 0.1) is 6.92 Å². The first kappa shape index (κ1) is 18.8. The molecule has 142 valence electrons. The average molecular weight is 367 g/mol. The fraction of sp³-hybridized carbons (Fsp3) is 0.333. The van der Waals surface area contributed by atoms with Crippen LogP contribution in [0.25, 0.3) is 0 Å². The molecule has 2 aromatic carbocycles. The molecule has 1 saturated heterocycles. The number of carbonyl (C=O) groups is 2. The summed E-state index contributed by atoms with van der Waals surface area (Å²) in [6, 6.07) is 15.2. The summed E-state index contributed by atoms with van der Waals surface area (Å²) in [5.74, 6) is -0.951. The first-order chi connectivity index (χ1) is 13.0. The van der Waals surface area contributed by atoms with E-state index in [1.165, 1.54) is 5.56 Å². The van der Waals surface area contributed by atoms with Gasteiger partial charge in [-0.25, -0.2) is 9.59 Å². The monoisotopic (exact) mass is 367 g/mol. The molecule has 1 fully saturated rings. The summed E-state index contributed by atoms with van der Waals surface area (Å²) in [7, 11) is 0. The summed E-state index contributed by atoms with van der Waals surface area (Å²) in [4.78, 5) is 25.1. The maximum absolute atomic E-state index is 12.4. The number of piperidine rings is 1. The Balaban J connectivity index is 1.43. The number of carboxylic acid groups (broad SMARTS) is 1. The molecule has 0 radical (unpaired) electrons. The molecule has 0 bridgehead atoms. The molecule has 0 spiro atoms. The third-order valence-corrected chi connectivity index (χ3v) is 4.82. The summed E-state index contributed by atoms with van der Waals surface area (Å²) in [5.41, 5.74) is 3.48. The van der Waals surface area contributed by atoms with Crippen molar-refractivity contribution in [2.75, 3.05) is 18.4 Å². The number of likely N-dealkylation sites (tertiary alicyclic amines) is 1. The van der Waals surface area contributed by atoms with Crippen LogP contribution in [0.4, 0.5) is 10.5 Å². The number of carboxylic acids is 1. The van der Waals surface area contributed by atoms with Crippen LogP contribution in [0.5, 0.6) is 0 Å². The molecule has 3 rings (SSSR count). The molecule has 6 nitrogen and oxygen atoms in total. The predicted octanol–water partition coefficient (Wildman–Crippen LogP) is 3.48. The quantitative estimate of drug-likeness (QED) is 0.756. The number of anilines is 1. The fourth-order valence-electron chi connectivity index (χ4n) is 3.25. The topological polar surface area (TPSA) is 81.7 Å². The van der Waals surface area contributed by atoms with Gasteiger partial charge in [0.2, 0.25) is 0 Å². The maximum atomic E-state index is 12.4. The van der Waals surface area contributed by atoms with E-state index in [4.69, 9.17) is 5.11 Å². The van der Waals surface area contributed by atoms with Gasteiger partial charge in [0, 0.05) is 31.4 Å². The summed E-state index contributed by atoms with van der Waals surface area (Å²) in [5, 5.41) is 15.4. The Morgan fingerprint density at radius 1 is 1.11 bits per heavy atom. The number of benzene rings is 2. The van der Waals surface area contributed by atoms with Crippen molar-refractivity contribution in [3.63, 3.8) is 0 Å². The third kappa shape index (κ3) is 5.23. The molecular weight excluding hydrogens is 342 g/mol. The first-order valence-corrected chi connectivity index (χ1v) is 9.19. The minimum Gasteiger partial charge on any atom is -0.478 e. The zero-order valence-corrected chi connectivity index (χ0v) is 15.4. The van der Waals surface area contributed by atoms with E-state index in [1.807, 2.05) is 11.0 Å². The molecule has 6 heteroatoms. The fourth-order valence-corrected chi connectivity index (χ4v) is 3.25. The highest BCUT2D eigenvalue weighted by Gasteiger charge is 2.22. The van der Waals surface area contributed by atoms with Gasteiger partial charge in [-0.05, 0) is 55.2 Å². The predicted molar refractivity (Wildman–Crippen MR) is 105 cm³/mol. The Morgan fingerprint density at radius 2 is 1.81 bits per heavy atom. The number of nitrogens with one attached hydrogen (secondary N) is 2. The molecule has 0 aromatic heterocycles. The molecule has 1 aliphatic heterocycles. The van der Waals surface area contributed by atoms with Gasteiger partial charge < -0.3 is 20.6 Å². The van der Waals surface area contributed by atoms with Crippen LogP contribution >= 0.6 is 0 Å². The van der Waals surface area contributed by atoms with Gasteiger partial charge in [0.05, 0.1) is 5.56 Å². The number of nitrogens with zero attached hydrogens (tertiary/aromatic N) is 1. The Bertz CT molecular complexity index is 797. The summed E-state index contributed by atoms with van der Waals surface area (Å²) in [6.45, 7) is 3.90. The van der Waals surface area contributed by atoms with Gasteiger partial charge in [-0.1, -0.05) is 24.3 Å². The lowest BCUT2D eigenvalue weighted by molar-refractivity contribution is 0.0697. The highest BCUT2D eigenvalue weighted by atomic mass is 16.4. The van der Waals surface area contributed by atoms with Crippen molar-refractivity contribution in [1.82, 2.24) is 10.2 Å².